The van der Waals surface area contributed by atoms with Gasteiger partial charge in [0, 0.05) is 6.07 Å². The van der Waals surface area contributed by atoms with E-state index in [1.54, 1.807) is 0 Å². The van der Waals surface area contributed by atoms with E-state index in [1.165, 1.54) is 19.2 Å². The third-order valence-electron chi connectivity index (χ3n) is 3.09. The van der Waals surface area contributed by atoms with E-state index in [1.807, 2.05) is 0 Å². The lowest BCUT2D eigenvalue weighted by atomic mass is 10.2. The first-order valence-electron chi connectivity index (χ1n) is 5.80. The number of carboxylic acids is 1. The summed E-state index contributed by atoms with van der Waals surface area (Å²) in [4.78, 5) is 21.2. The highest BCUT2D eigenvalue weighted by Gasteiger charge is 2.41. The number of sulfone groups is 1. The van der Waals surface area contributed by atoms with Gasteiger partial charge in [-0.25, -0.2) is 8.42 Å². The van der Waals surface area contributed by atoms with Crippen LogP contribution in [-0.2, 0) is 20.4 Å². The van der Waals surface area contributed by atoms with Crippen molar-refractivity contribution >= 4 is 21.5 Å². The van der Waals surface area contributed by atoms with Gasteiger partial charge in [0.15, 0.2) is 20.3 Å². The van der Waals surface area contributed by atoms with E-state index < -0.39 is 31.2 Å². The standard InChI is InChI=1S/C12H15NO7S/c1-12(2,11(14)15)21(18,19)7-8-4-5-10(20-3)9(6-8)13(16)17/h4-6H,7H2,1-3H3,(H,14,15). The molecule has 0 atom stereocenters. The molecule has 0 saturated carbocycles. The second-order valence-electron chi connectivity index (χ2n) is 4.84. The number of carbonyl (C=O) groups is 1. The van der Waals surface area contributed by atoms with Crippen LogP contribution in [0.4, 0.5) is 5.69 Å². The number of nitrogens with zero attached hydrogens (tertiary/aromatic N) is 1. The Balaban J connectivity index is 3.23. The van der Waals surface area contributed by atoms with Gasteiger partial charge in [-0.15, -0.1) is 0 Å². The summed E-state index contributed by atoms with van der Waals surface area (Å²) >= 11 is 0. The summed E-state index contributed by atoms with van der Waals surface area (Å²) in [7, 11) is -2.78. The van der Waals surface area contributed by atoms with E-state index in [4.69, 9.17) is 9.84 Å². The van der Waals surface area contributed by atoms with Crippen molar-refractivity contribution in [2.75, 3.05) is 7.11 Å². The van der Waals surface area contributed by atoms with Crippen molar-refractivity contribution in [3.05, 3.63) is 33.9 Å². The van der Waals surface area contributed by atoms with E-state index in [2.05, 4.69) is 0 Å². The fraction of sp³-hybridized carbons (Fsp3) is 0.417. The number of aliphatic carboxylic acids is 1. The summed E-state index contributed by atoms with van der Waals surface area (Å²) in [5, 5.41) is 19.9. The molecule has 8 nitrogen and oxygen atoms in total. The van der Waals surface area contributed by atoms with Gasteiger partial charge in [-0.2, -0.15) is 0 Å². The molecule has 0 amide bonds. The maximum absolute atomic E-state index is 12.1. The summed E-state index contributed by atoms with van der Waals surface area (Å²) in [6, 6.07) is 3.69. The first-order valence-corrected chi connectivity index (χ1v) is 7.45. The fourth-order valence-corrected chi connectivity index (χ4v) is 2.75. The number of carboxylic acid groups (broad SMARTS) is 1. The summed E-state index contributed by atoms with van der Waals surface area (Å²) in [6.07, 6.45) is 0. The predicted molar refractivity (Wildman–Crippen MR) is 74.0 cm³/mol. The molecule has 1 N–H and O–H groups in total. The minimum atomic E-state index is -4.04. The zero-order valence-corrected chi connectivity index (χ0v) is 12.5. The maximum Gasteiger partial charge on any atom is 0.324 e. The minimum Gasteiger partial charge on any atom is -0.490 e. The Morgan fingerprint density at radius 1 is 1.43 bits per heavy atom. The molecule has 116 valence electrons. The number of nitro benzene ring substituents is 1. The second-order valence-corrected chi connectivity index (χ2v) is 7.38. The first-order chi connectivity index (χ1) is 9.52. The van der Waals surface area contributed by atoms with Crippen LogP contribution in [0.15, 0.2) is 18.2 Å². The van der Waals surface area contributed by atoms with Crippen LogP contribution in [0.2, 0.25) is 0 Å². The summed E-state index contributed by atoms with van der Waals surface area (Å²) in [5.74, 6) is -2.10. The van der Waals surface area contributed by atoms with Gasteiger partial charge in [0.2, 0.25) is 0 Å². The highest BCUT2D eigenvalue weighted by molar-refractivity contribution is 7.92. The van der Waals surface area contributed by atoms with Crippen molar-refractivity contribution in [1.82, 2.24) is 0 Å². The third-order valence-corrected chi connectivity index (χ3v) is 5.53. The van der Waals surface area contributed by atoms with Crippen LogP contribution >= 0.6 is 0 Å². The highest BCUT2D eigenvalue weighted by Crippen LogP contribution is 2.30. The maximum atomic E-state index is 12.1. The molecular weight excluding hydrogens is 302 g/mol. The number of hydrogen-bond donors (Lipinski definition) is 1. The average Bonchev–Trinajstić information content (AvgIpc) is 2.37. The molecule has 0 spiro atoms. The molecule has 0 unspecified atom stereocenters. The number of hydrogen-bond acceptors (Lipinski definition) is 6. The predicted octanol–water partition coefficient (Wildman–Crippen LogP) is 1.38. The first kappa shape index (κ1) is 16.9. The molecule has 0 radical (unpaired) electrons. The molecule has 0 aliphatic heterocycles. The Labute approximate surface area is 121 Å². The largest absolute Gasteiger partial charge is 0.490 e. The Bertz CT molecular complexity index is 679. The molecule has 9 heteroatoms. The van der Waals surface area contributed by atoms with Crippen molar-refractivity contribution in [2.45, 2.75) is 24.3 Å². The number of methoxy groups -OCH3 is 1. The summed E-state index contributed by atoms with van der Waals surface area (Å²) in [5.41, 5.74) is -0.254. The van der Waals surface area contributed by atoms with Gasteiger partial charge in [-0.3, -0.25) is 14.9 Å². The van der Waals surface area contributed by atoms with Crippen molar-refractivity contribution < 1.29 is 28.0 Å². The van der Waals surface area contributed by atoms with Gasteiger partial charge in [0.05, 0.1) is 17.8 Å². The van der Waals surface area contributed by atoms with Crippen molar-refractivity contribution in [1.29, 1.82) is 0 Å². The topological polar surface area (TPSA) is 124 Å². The Morgan fingerprint density at radius 3 is 2.43 bits per heavy atom. The highest BCUT2D eigenvalue weighted by atomic mass is 32.2. The Hall–Kier alpha value is -2.16. The number of nitro groups is 1. The molecule has 0 fully saturated rings. The van der Waals surface area contributed by atoms with Crippen molar-refractivity contribution in [2.24, 2.45) is 0 Å². The smallest absolute Gasteiger partial charge is 0.324 e. The van der Waals surface area contributed by atoms with Crippen molar-refractivity contribution in [3.63, 3.8) is 0 Å². The Morgan fingerprint density at radius 2 is 2.00 bits per heavy atom. The van der Waals surface area contributed by atoms with Crippen LogP contribution in [-0.4, -0.2) is 36.3 Å². The quantitative estimate of drug-likeness (QED) is 0.620. The number of rotatable bonds is 6. The molecule has 0 saturated heterocycles. The zero-order valence-electron chi connectivity index (χ0n) is 11.7. The average molecular weight is 317 g/mol. The van der Waals surface area contributed by atoms with E-state index in [-0.39, 0.29) is 17.0 Å². The SMILES string of the molecule is COc1ccc(CS(=O)(=O)C(C)(C)C(=O)O)cc1[N+](=O)[O-]. The molecule has 0 bridgehead atoms. The minimum absolute atomic E-state index is 0.00126. The fourth-order valence-electron chi connectivity index (χ4n) is 1.50. The van der Waals surface area contributed by atoms with Gasteiger partial charge >= 0.3 is 11.7 Å². The van der Waals surface area contributed by atoms with Crippen LogP contribution in [0.1, 0.15) is 19.4 Å². The monoisotopic (exact) mass is 317 g/mol. The van der Waals surface area contributed by atoms with Crippen LogP contribution in [0.25, 0.3) is 0 Å². The van der Waals surface area contributed by atoms with Crippen LogP contribution < -0.4 is 4.74 Å². The van der Waals surface area contributed by atoms with Crippen LogP contribution in [0.5, 0.6) is 5.75 Å². The van der Waals surface area contributed by atoms with E-state index in [9.17, 15) is 23.3 Å². The molecule has 0 aliphatic carbocycles. The molecular formula is C12H15NO7S. The lowest BCUT2D eigenvalue weighted by Gasteiger charge is -2.19. The molecule has 1 rings (SSSR count). The molecule has 1 aromatic carbocycles. The summed E-state index contributed by atoms with van der Waals surface area (Å²) in [6.45, 7) is 2.14. The lowest BCUT2D eigenvalue weighted by molar-refractivity contribution is -0.385. The molecule has 1 aromatic rings. The Kier molecular flexibility index (Phi) is 4.57. The zero-order chi connectivity index (χ0) is 16.4. The van der Waals surface area contributed by atoms with Gasteiger partial charge in [-0.05, 0) is 25.5 Å². The van der Waals surface area contributed by atoms with Gasteiger partial charge in [0.1, 0.15) is 0 Å². The molecule has 0 aromatic heterocycles. The van der Waals surface area contributed by atoms with E-state index in [0.717, 1.165) is 19.9 Å². The third kappa shape index (κ3) is 3.30. The lowest BCUT2D eigenvalue weighted by Crippen LogP contribution is -2.41. The number of ether oxygens (including phenoxy) is 1. The van der Waals surface area contributed by atoms with E-state index in [0.29, 0.717) is 0 Å². The normalized spacial score (nSPS) is 12.0. The van der Waals surface area contributed by atoms with E-state index >= 15 is 0 Å². The number of benzene rings is 1. The molecule has 0 aliphatic rings. The van der Waals surface area contributed by atoms with Gasteiger partial charge in [-0.1, -0.05) is 6.07 Å². The van der Waals surface area contributed by atoms with Gasteiger partial charge < -0.3 is 9.84 Å². The van der Waals surface area contributed by atoms with Crippen molar-refractivity contribution in [3.8, 4) is 5.75 Å². The summed E-state index contributed by atoms with van der Waals surface area (Å²) < 4.78 is 27.1. The van der Waals surface area contributed by atoms with Crippen LogP contribution in [0, 0.1) is 10.1 Å². The second kappa shape index (κ2) is 5.68. The van der Waals surface area contributed by atoms with Gasteiger partial charge in [0.25, 0.3) is 0 Å². The molecule has 21 heavy (non-hydrogen) atoms. The molecule has 0 heterocycles. The van der Waals surface area contributed by atoms with Crippen LogP contribution in [0.3, 0.4) is 0 Å².